The first-order chi connectivity index (χ1) is 9.57. The van der Waals surface area contributed by atoms with Crippen molar-refractivity contribution >= 4 is 0 Å². The largest absolute Gasteiger partial charge is 0.385 e. The van der Waals surface area contributed by atoms with Gasteiger partial charge in [0.15, 0.2) is 0 Å². The third kappa shape index (κ3) is 4.71. The maximum Gasteiger partial charge on any atom is 0.0465 e. The van der Waals surface area contributed by atoms with E-state index in [1.807, 2.05) is 0 Å². The van der Waals surface area contributed by atoms with Gasteiger partial charge >= 0.3 is 0 Å². The van der Waals surface area contributed by atoms with E-state index < -0.39 is 0 Å². The van der Waals surface area contributed by atoms with Crippen molar-refractivity contribution in [3.8, 4) is 0 Å². The predicted octanol–water partition coefficient (Wildman–Crippen LogP) is 3.54. The van der Waals surface area contributed by atoms with Crippen LogP contribution in [0, 0.1) is 5.92 Å². The molecule has 3 nitrogen and oxygen atoms in total. The molecule has 0 bridgehead atoms. The van der Waals surface area contributed by atoms with Gasteiger partial charge in [-0.15, -0.1) is 0 Å². The molecule has 0 fully saturated rings. The fourth-order valence-corrected chi connectivity index (χ4v) is 3.80. The molecule has 0 aromatic carbocycles. The highest BCUT2D eigenvalue weighted by atomic mass is 16.5. The molecule has 0 aliphatic rings. The molecular formula is C17H38N2O. The van der Waals surface area contributed by atoms with E-state index in [9.17, 15) is 0 Å². The number of methoxy groups -OCH3 is 1. The van der Waals surface area contributed by atoms with Crippen molar-refractivity contribution in [1.29, 1.82) is 0 Å². The third-order valence-corrected chi connectivity index (χ3v) is 4.97. The lowest BCUT2D eigenvalue weighted by atomic mass is 9.75. The molecule has 3 heteroatoms. The van der Waals surface area contributed by atoms with Crippen LogP contribution >= 0.6 is 0 Å². The monoisotopic (exact) mass is 286 g/mol. The molecule has 0 saturated carbocycles. The number of rotatable bonds is 12. The summed E-state index contributed by atoms with van der Waals surface area (Å²) in [6.07, 6.45) is 3.51. The standard InChI is InChI=1S/C17H38N2O/c1-8-17(9-2,19(11-4)12-5)16(18-10-3)15(6)13-14-20-7/h15-16,18H,8-14H2,1-7H3. The maximum absolute atomic E-state index is 5.29. The van der Waals surface area contributed by atoms with E-state index in [-0.39, 0.29) is 5.54 Å². The van der Waals surface area contributed by atoms with E-state index in [4.69, 9.17) is 4.74 Å². The molecule has 0 saturated heterocycles. The molecule has 0 amide bonds. The second-order valence-electron chi connectivity index (χ2n) is 5.78. The van der Waals surface area contributed by atoms with Crippen molar-refractivity contribution in [2.45, 2.75) is 72.4 Å². The highest BCUT2D eigenvalue weighted by molar-refractivity contribution is 5.00. The quantitative estimate of drug-likeness (QED) is 0.594. The Hall–Kier alpha value is -0.120. The van der Waals surface area contributed by atoms with Crippen LogP contribution in [0.4, 0.5) is 0 Å². The molecule has 0 spiro atoms. The summed E-state index contributed by atoms with van der Waals surface area (Å²) in [6, 6.07) is 0.526. The average molecular weight is 287 g/mol. The van der Waals surface area contributed by atoms with Gasteiger partial charge in [-0.2, -0.15) is 0 Å². The van der Waals surface area contributed by atoms with Crippen molar-refractivity contribution in [1.82, 2.24) is 10.2 Å². The van der Waals surface area contributed by atoms with E-state index in [0.717, 1.165) is 32.7 Å². The van der Waals surface area contributed by atoms with E-state index in [0.29, 0.717) is 12.0 Å². The Bertz CT molecular complexity index is 225. The van der Waals surface area contributed by atoms with E-state index in [2.05, 4.69) is 51.8 Å². The van der Waals surface area contributed by atoms with Gasteiger partial charge in [0.25, 0.3) is 0 Å². The van der Waals surface area contributed by atoms with Gasteiger partial charge in [-0.05, 0) is 44.8 Å². The molecule has 0 aromatic rings. The van der Waals surface area contributed by atoms with Gasteiger partial charge in [0, 0.05) is 25.3 Å². The van der Waals surface area contributed by atoms with E-state index in [1.165, 1.54) is 12.8 Å². The molecule has 0 rings (SSSR count). The molecule has 0 aliphatic heterocycles. The maximum atomic E-state index is 5.29. The summed E-state index contributed by atoms with van der Waals surface area (Å²) in [5, 5.41) is 3.79. The minimum atomic E-state index is 0.257. The van der Waals surface area contributed by atoms with Crippen molar-refractivity contribution < 1.29 is 4.74 Å². The molecule has 20 heavy (non-hydrogen) atoms. The lowest BCUT2D eigenvalue weighted by Crippen LogP contribution is -2.63. The van der Waals surface area contributed by atoms with Gasteiger partial charge in [0.05, 0.1) is 0 Å². The number of nitrogens with one attached hydrogen (secondary N) is 1. The molecule has 0 aromatic heterocycles. The summed E-state index contributed by atoms with van der Waals surface area (Å²) in [5.41, 5.74) is 0.257. The zero-order chi connectivity index (χ0) is 15.6. The van der Waals surface area contributed by atoms with Crippen LogP contribution in [0.5, 0.6) is 0 Å². The minimum absolute atomic E-state index is 0.257. The zero-order valence-electron chi connectivity index (χ0n) is 15.0. The normalized spacial score (nSPS) is 15.6. The van der Waals surface area contributed by atoms with Crippen LogP contribution < -0.4 is 5.32 Å². The lowest BCUT2D eigenvalue weighted by molar-refractivity contribution is 0.0236. The summed E-state index contributed by atoms with van der Waals surface area (Å²) in [7, 11) is 1.80. The Balaban J connectivity index is 5.29. The van der Waals surface area contributed by atoms with Crippen LogP contribution in [0.15, 0.2) is 0 Å². The summed E-state index contributed by atoms with van der Waals surface area (Å²) in [4.78, 5) is 2.66. The van der Waals surface area contributed by atoms with Crippen molar-refractivity contribution in [2.24, 2.45) is 5.92 Å². The van der Waals surface area contributed by atoms with Crippen LogP contribution in [-0.4, -0.2) is 49.8 Å². The molecule has 0 radical (unpaired) electrons. The minimum Gasteiger partial charge on any atom is -0.385 e. The first-order valence-corrected chi connectivity index (χ1v) is 8.55. The van der Waals surface area contributed by atoms with Gasteiger partial charge in [-0.3, -0.25) is 4.90 Å². The zero-order valence-corrected chi connectivity index (χ0v) is 15.0. The molecule has 2 atom stereocenters. The third-order valence-electron chi connectivity index (χ3n) is 4.97. The topological polar surface area (TPSA) is 24.5 Å². The summed E-state index contributed by atoms with van der Waals surface area (Å²) >= 11 is 0. The van der Waals surface area contributed by atoms with Crippen molar-refractivity contribution in [3.05, 3.63) is 0 Å². The summed E-state index contributed by atoms with van der Waals surface area (Å²) in [5.74, 6) is 0.621. The van der Waals surface area contributed by atoms with Gasteiger partial charge in [-0.25, -0.2) is 0 Å². The van der Waals surface area contributed by atoms with Gasteiger partial charge in [-0.1, -0.05) is 41.5 Å². The van der Waals surface area contributed by atoms with Gasteiger partial charge < -0.3 is 10.1 Å². The molecule has 0 heterocycles. The van der Waals surface area contributed by atoms with Crippen LogP contribution in [0.25, 0.3) is 0 Å². The van der Waals surface area contributed by atoms with E-state index in [1.54, 1.807) is 7.11 Å². The number of hydrogen-bond acceptors (Lipinski definition) is 3. The predicted molar refractivity (Wildman–Crippen MR) is 89.4 cm³/mol. The Kier molecular flexibility index (Phi) is 10.5. The Morgan fingerprint density at radius 2 is 1.60 bits per heavy atom. The van der Waals surface area contributed by atoms with E-state index >= 15 is 0 Å². The first-order valence-electron chi connectivity index (χ1n) is 8.55. The fourth-order valence-electron chi connectivity index (χ4n) is 3.80. The van der Waals surface area contributed by atoms with Crippen molar-refractivity contribution in [3.63, 3.8) is 0 Å². The molecule has 1 N–H and O–H groups in total. The SMILES string of the molecule is CCNC(C(C)CCOC)C(CC)(CC)N(CC)CC. The first kappa shape index (κ1) is 19.9. The highest BCUT2D eigenvalue weighted by Gasteiger charge is 2.41. The van der Waals surface area contributed by atoms with Crippen LogP contribution in [0.1, 0.15) is 60.8 Å². The number of nitrogens with zero attached hydrogens (tertiary/aromatic N) is 1. The summed E-state index contributed by atoms with van der Waals surface area (Å²) in [6.45, 7) is 18.0. The van der Waals surface area contributed by atoms with Crippen LogP contribution in [-0.2, 0) is 4.74 Å². The fraction of sp³-hybridized carbons (Fsp3) is 1.00. The summed E-state index contributed by atoms with van der Waals surface area (Å²) < 4.78 is 5.29. The van der Waals surface area contributed by atoms with Crippen molar-refractivity contribution in [2.75, 3.05) is 33.4 Å². The van der Waals surface area contributed by atoms with Gasteiger partial charge in [0.1, 0.15) is 0 Å². The highest BCUT2D eigenvalue weighted by Crippen LogP contribution is 2.33. The average Bonchev–Trinajstić information content (AvgIpc) is 2.48. The van der Waals surface area contributed by atoms with Gasteiger partial charge in [0.2, 0.25) is 0 Å². The molecule has 0 aliphatic carbocycles. The second-order valence-corrected chi connectivity index (χ2v) is 5.78. The Morgan fingerprint density at radius 3 is 1.95 bits per heavy atom. The molecule has 122 valence electrons. The van der Waals surface area contributed by atoms with Crippen LogP contribution in [0.2, 0.25) is 0 Å². The number of ether oxygens (including phenoxy) is 1. The molecule has 2 unspecified atom stereocenters. The smallest absolute Gasteiger partial charge is 0.0465 e. The Morgan fingerprint density at radius 1 is 1.05 bits per heavy atom. The Labute approximate surface area is 127 Å². The number of hydrogen-bond donors (Lipinski definition) is 1. The number of likely N-dealkylation sites (N-methyl/N-ethyl adjacent to an activating group) is 2. The molecular weight excluding hydrogens is 248 g/mol. The lowest BCUT2D eigenvalue weighted by Gasteiger charge is -2.50. The second kappa shape index (κ2) is 10.6. The van der Waals surface area contributed by atoms with Crippen LogP contribution in [0.3, 0.4) is 0 Å².